The molecule has 0 aromatic rings. The van der Waals surface area contributed by atoms with Gasteiger partial charge in [0.25, 0.3) is 0 Å². The van der Waals surface area contributed by atoms with Crippen molar-refractivity contribution in [3.63, 3.8) is 0 Å². The van der Waals surface area contributed by atoms with Crippen LogP contribution in [0, 0.1) is 0 Å². The average molecular weight is 228 g/mol. The highest BCUT2D eigenvalue weighted by atomic mass is 16.2. The summed E-state index contributed by atoms with van der Waals surface area (Å²) in [6.45, 7) is 2.24. The molecule has 1 aliphatic carbocycles. The van der Waals surface area contributed by atoms with Crippen LogP contribution in [-0.2, 0) is 0 Å². The van der Waals surface area contributed by atoms with E-state index >= 15 is 0 Å². The zero-order valence-corrected chi connectivity index (χ0v) is 10.7. The summed E-state index contributed by atoms with van der Waals surface area (Å²) in [5.41, 5.74) is 6.26. The fourth-order valence-electron chi connectivity index (χ4n) is 2.83. The van der Waals surface area contributed by atoms with Crippen molar-refractivity contribution in [3.05, 3.63) is 0 Å². The van der Waals surface area contributed by atoms with Crippen molar-refractivity contribution in [2.75, 3.05) is 26.7 Å². The van der Waals surface area contributed by atoms with E-state index in [9.17, 15) is 0 Å². The van der Waals surface area contributed by atoms with Gasteiger partial charge in [0.15, 0.2) is 0 Å². The van der Waals surface area contributed by atoms with Gasteiger partial charge in [0, 0.05) is 18.7 Å². The molecule has 1 rings (SSSR count). The molecule has 0 saturated heterocycles. The minimum atomic E-state index is 0.275. The summed E-state index contributed by atoms with van der Waals surface area (Å²) >= 11 is 0. The normalized spacial score (nSPS) is 20.2. The highest BCUT2D eigenvalue weighted by molar-refractivity contribution is 4.92. The molecular formula is C13H28N2O. The van der Waals surface area contributed by atoms with Gasteiger partial charge in [-0.05, 0) is 45.7 Å². The van der Waals surface area contributed by atoms with Crippen molar-refractivity contribution >= 4 is 0 Å². The fourth-order valence-corrected chi connectivity index (χ4v) is 2.83. The fraction of sp³-hybridized carbons (Fsp3) is 1.00. The Kier molecular flexibility index (Phi) is 6.32. The first-order valence-corrected chi connectivity index (χ1v) is 6.77. The van der Waals surface area contributed by atoms with Crippen LogP contribution in [0.25, 0.3) is 0 Å². The average Bonchev–Trinajstić information content (AvgIpc) is 2.35. The summed E-state index contributed by atoms with van der Waals surface area (Å²) in [7, 11) is 2.22. The van der Waals surface area contributed by atoms with E-state index in [1.807, 2.05) is 0 Å². The molecule has 0 spiro atoms. The predicted molar refractivity (Wildman–Crippen MR) is 68.4 cm³/mol. The third-order valence-electron chi connectivity index (χ3n) is 4.13. The Hall–Kier alpha value is -0.120. The molecule has 0 aliphatic heterocycles. The Balaban J connectivity index is 2.33. The molecule has 0 aromatic heterocycles. The second-order valence-corrected chi connectivity index (χ2v) is 5.19. The third kappa shape index (κ3) is 3.72. The van der Waals surface area contributed by atoms with Crippen LogP contribution in [-0.4, -0.2) is 42.3 Å². The molecule has 0 unspecified atom stereocenters. The van der Waals surface area contributed by atoms with Crippen LogP contribution in [0.4, 0.5) is 0 Å². The Morgan fingerprint density at radius 1 is 1.12 bits per heavy atom. The molecule has 1 fully saturated rings. The zero-order valence-electron chi connectivity index (χ0n) is 10.7. The highest BCUT2D eigenvalue weighted by Crippen LogP contribution is 2.32. The summed E-state index contributed by atoms with van der Waals surface area (Å²) in [5, 5.41) is 8.74. The summed E-state index contributed by atoms with van der Waals surface area (Å²) in [6.07, 6.45) is 9.81. The van der Waals surface area contributed by atoms with Crippen LogP contribution in [0.2, 0.25) is 0 Å². The monoisotopic (exact) mass is 228 g/mol. The van der Waals surface area contributed by atoms with E-state index in [-0.39, 0.29) is 5.54 Å². The first-order valence-electron chi connectivity index (χ1n) is 6.77. The van der Waals surface area contributed by atoms with Crippen LogP contribution >= 0.6 is 0 Å². The van der Waals surface area contributed by atoms with Crippen molar-refractivity contribution in [1.82, 2.24) is 4.90 Å². The minimum Gasteiger partial charge on any atom is -0.396 e. The lowest BCUT2D eigenvalue weighted by Crippen LogP contribution is -2.53. The van der Waals surface area contributed by atoms with Gasteiger partial charge in [0.2, 0.25) is 0 Å². The van der Waals surface area contributed by atoms with Gasteiger partial charge in [-0.2, -0.15) is 0 Å². The van der Waals surface area contributed by atoms with Crippen molar-refractivity contribution in [1.29, 1.82) is 0 Å². The minimum absolute atomic E-state index is 0.275. The van der Waals surface area contributed by atoms with E-state index in [0.717, 1.165) is 25.9 Å². The predicted octanol–water partition coefficient (Wildman–Crippen LogP) is 1.74. The topological polar surface area (TPSA) is 49.5 Å². The zero-order chi connectivity index (χ0) is 11.9. The molecule has 0 radical (unpaired) electrons. The largest absolute Gasteiger partial charge is 0.396 e. The molecule has 0 atom stereocenters. The van der Waals surface area contributed by atoms with E-state index in [2.05, 4.69) is 11.9 Å². The van der Waals surface area contributed by atoms with Gasteiger partial charge < -0.3 is 10.8 Å². The smallest absolute Gasteiger partial charge is 0.0431 e. The van der Waals surface area contributed by atoms with E-state index in [4.69, 9.17) is 10.8 Å². The lowest BCUT2D eigenvalue weighted by Gasteiger charge is -2.44. The maximum Gasteiger partial charge on any atom is 0.0431 e. The van der Waals surface area contributed by atoms with E-state index in [1.54, 1.807) is 0 Å². The van der Waals surface area contributed by atoms with Crippen LogP contribution in [0.15, 0.2) is 0 Å². The maximum absolute atomic E-state index is 8.74. The number of aliphatic hydroxyl groups is 1. The van der Waals surface area contributed by atoms with Crippen LogP contribution in [0.5, 0.6) is 0 Å². The number of hydrogen-bond donors (Lipinski definition) is 2. The summed E-state index contributed by atoms with van der Waals surface area (Å²) in [4.78, 5) is 2.48. The lowest BCUT2D eigenvalue weighted by atomic mass is 9.80. The van der Waals surface area contributed by atoms with Crippen molar-refractivity contribution < 1.29 is 5.11 Å². The summed E-state index contributed by atoms with van der Waals surface area (Å²) < 4.78 is 0. The van der Waals surface area contributed by atoms with Gasteiger partial charge in [-0.25, -0.2) is 0 Å². The van der Waals surface area contributed by atoms with Gasteiger partial charge in [0.1, 0.15) is 0 Å². The number of nitrogens with two attached hydrogens (primary N) is 1. The molecular weight excluding hydrogens is 200 g/mol. The Labute approximate surface area is 100 Å². The molecule has 1 saturated carbocycles. The number of aliphatic hydroxyl groups excluding tert-OH is 1. The van der Waals surface area contributed by atoms with Gasteiger partial charge in [-0.3, -0.25) is 4.90 Å². The number of hydrogen-bond acceptors (Lipinski definition) is 3. The molecule has 3 N–H and O–H groups in total. The number of likely N-dealkylation sites (N-methyl/N-ethyl adjacent to an activating group) is 1. The number of nitrogens with zero attached hydrogens (tertiary/aromatic N) is 1. The van der Waals surface area contributed by atoms with Crippen molar-refractivity contribution in [3.8, 4) is 0 Å². The van der Waals surface area contributed by atoms with Crippen molar-refractivity contribution in [2.45, 2.75) is 56.9 Å². The first-order chi connectivity index (χ1) is 7.75. The summed E-state index contributed by atoms with van der Waals surface area (Å²) in [5.74, 6) is 0. The van der Waals surface area contributed by atoms with E-state index in [0.29, 0.717) is 6.61 Å². The van der Waals surface area contributed by atoms with Crippen molar-refractivity contribution in [2.24, 2.45) is 5.73 Å². The van der Waals surface area contributed by atoms with Gasteiger partial charge >= 0.3 is 0 Å². The second kappa shape index (κ2) is 7.25. The molecule has 0 heterocycles. The maximum atomic E-state index is 8.74. The Bertz CT molecular complexity index is 179. The highest BCUT2D eigenvalue weighted by Gasteiger charge is 2.33. The van der Waals surface area contributed by atoms with E-state index < -0.39 is 0 Å². The molecule has 0 bridgehead atoms. The Morgan fingerprint density at radius 2 is 1.81 bits per heavy atom. The summed E-state index contributed by atoms with van der Waals surface area (Å²) in [6, 6.07) is 0. The molecule has 1 aliphatic rings. The quantitative estimate of drug-likeness (QED) is 0.653. The van der Waals surface area contributed by atoms with Crippen LogP contribution in [0.1, 0.15) is 51.4 Å². The van der Waals surface area contributed by atoms with Gasteiger partial charge in [-0.15, -0.1) is 0 Å². The number of unbranched alkanes of at least 4 members (excludes halogenated alkanes) is 2. The molecule has 0 aromatic carbocycles. The van der Waals surface area contributed by atoms with Crippen LogP contribution in [0.3, 0.4) is 0 Å². The lowest BCUT2D eigenvalue weighted by molar-refractivity contribution is 0.0805. The van der Waals surface area contributed by atoms with Gasteiger partial charge in [-0.1, -0.05) is 19.3 Å². The molecule has 3 heteroatoms. The molecule has 16 heavy (non-hydrogen) atoms. The molecule has 0 amide bonds. The SMILES string of the molecule is CN(CCCCCO)C1(CN)CCCCC1. The van der Waals surface area contributed by atoms with Crippen LogP contribution < -0.4 is 5.73 Å². The second-order valence-electron chi connectivity index (χ2n) is 5.19. The standard InChI is InChI=1S/C13H28N2O/c1-15(10-6-3-7-11-16)13(12-14)8-4-2-5-9-13/h16H,2-12,14H2,1H3. The van der Waals surface area contributed by atoms with Gasteiger partial charge in [0.05, 0.1) is 0 Å². The molecule has 96 valence electrons. The third-order valence-corrected chi connectivity index (χ3v) is 4.13. The van der Waals surface area contributed by atoms with E-state index in [1.165, 1.54) is 38.5 Å². The number of rotatable bonds is 7. The first kappa shape index (κ1) is 13.9. The Morgan fingerprint density at radius 3 is 2.38 bits per heavy atom. The molecule has 3 nitrogen and oxygen atoms in total.